The van der Waals surface area contributed by atoms with Crippen molar-refractivity contribution in [3.63, 3.8) is 0 Å². The minimum absolute atomic E-state index is 0.00386. The lowest BCUT2D eigenvalue weighted by Crippen LogP contribution is -2.34. The van der Waals surface area contributed by atoms with Crippen LogP contribution in [0.5, 0.6) is 5.75 Å². The quantitative estimate of drug-likeness (QED) is 0.756. The maximum Gasteiger partial charge on any atom is 0.240 e. The Balaban J connectivity index is 2.13. The monoisotopic (exact) mass is 298 g/mol. The van der Waals surface area contributed by atoms with Crippen molar-refractivity contribution in [2.45, 2.75) is 43.5 Å². The molecule has 1 unspecified atom stereocenters. The summed E-state index contributed by atoms with van der Waals surface area (Å²) in [6, 6.07) is 4.52. The van der Waals surface area contributed by atoms with E-state index in [-0.39, 0.29) is 10.9 Å². The van der Waals surface area contributed by atoms with E-state index in [0.717, 1.165) is 12.8 Å². The Labute approximate surface area is 120 Å². The zero-order chi connectivity index (χ0) is 14.8. The lowest BCUT2D eigenvalue weighted by atomic mass is 10.1. The molecule has 2 rings (SSSR count). The van der Waals surface area contributed by atoms with E-state index in [2.05, 4.69) is 4.72 Å². The van der Waals surface area contributed by atoms with Crippen molar-refractivity contribution in [3.05, 3.63) is 18.2 Å². The molecule has 0 heterocycles. The summed E-state index contributed by atoms with van der Waals surface area (Å²) in [7, 11) is -2.02. The van der Waals surface area contributed by atoms with Gasteiger partial charge in [0.2, 0.25) is 10.0 Å². The van der Waals surface area contributed by atoms with Crippen LogP contribution in [0.1, 0.15) is 32.6 Å². The van der Waals surface area contributed by atoms with Crippen LogP contribution in [0.2, 0.25) is 0 Å². The molecule has 20 heavy (non-hydrogen) atoms. The molecule has 3 N–H and O–H groups in total. The van der Waals surface area contributed by atoms with Crippen molar-refractivity contribution in [3.8, 4) is 5.75 Å². The molecule has 1 aliphatic rings. The second-order valence-corrected chi connectivity index (χ2v) is 7.02. The number of sulfonamides is 1. The lowest BCUT2D eigenvalue weighted by molar-refractivity contribution is 0.416. The fourth-order valence-corrected chi connectivity index (χ4v) is 3.59. The molecule has 0 amide bonds. The minimum Gasteiger partial charge on any atom is -0.495 e. The third kappa shape index (κ3) is 3.64. The van der Waals surface area contributed by atoms with Gasteiger partial charge in [-0.2, -0.15) is 0 Å². The van der Waals surface area contributed by atoms with Crippen LogP contribution in [0.15, 0.2) is 23.1 Å². The zero-order valence-corrected chi connectivity index (χ0v) is 12.7. The van der Waals surface area contributed by atoms with Gasteiger partial charge in [-0.05, 0) is 37.0 Å². The second kappa shape index (κ2) is 6.01. The number of hydrogen-bond donors (Lipinski definition) is 2. The summed E-state index contributed by atoms with van der Waals surface area (Å²) in [6.45, 7) is 2.00. The number of rotatable bonds is 7. The number of hydrogen-bond acceptors (Lipinski definition) is 4. The molecule has 0 aromatic heterocycles. The lowest BCUT2D eigenvalue weighted by Gasteiger charge is -2.17. The van der Waals surface area contributed by atoms with Crippen molar-refractivity contribution < 1.29 is 13.2 Å². The van der Waals surface area contributed by atoms with Gasteiger partial charge < -0.3 is 10.5 Å². The molecule has 1 atom stereocenters. The third-order valence-electron chi connectivity index (χ3n) is 3.64. The van der Waals surface area contributed by atoms with Gasteiger partial charge in [-0.15, -0.1) is 0 Å². The standard InChI is InChI=1S/C14H22N2O3S/c1-3-11(8-10-4-5-10)16-20(17,18)12-6-7-14(19-2)13(15)9-12/h6-7,9-11,16H,3-5,8,15H2,1-2H3. The molecule has 6 heteroatoms. The molecule has 0 spiro atoms. The van der Waals surface area contributed by atoms with E-state index in [1.165, 1.54) is 32.1 Å². The molecule has 0 aliphatic heterocycles. The fourth-order valence-electron chi connectivity index (χ4n) is 2.22. The Morgan fingerprint density at radius 3 is 2.65 bits per heavy atom. The van der Waals surface area contributed by atoms with Crippen molar-refractivity contribution >= 4 is 15.7 Å². The van der Waals surface area contributed by atoms with Gasteiger partial charge in [0.15, 0.2) is 0 Å². The van der Waals surface area contributed by atoms with Crippen LogP contribution in [-0.4, -0.2) is 21.6 Å². The van der Waals surface area contributed by atoms with E-state index in [0.29, 0.717) is 17.4 Å². The maximum atomic E-state index is 12.3. The smallest absolute Gasteiger partial charge is 0.240 e. The van der Waals surface area contributed by atoms with Crippen molar-refractivity contribution in [1.82, 2.24) is 4.72 Å². The van der Waals surface area contributed by atoms with Crippen LogP contribution < -0.4 is 15.2 Å². The molecule has 5 nitrogen and oxygen atoms in total. The SMILES string of the molecule is CCC(CC1CC1)NS(=O)(=O)c1ccc(OC)c(N)c1. The number of nitrogen functional groups attached to an aromatic ring is 1. The van der Waals surface area contributed by atoms with Gasteiger partial charge in [0.25, 0.3) is 0 Å². The predicted octanol–water partition coefficient (Wildman–Crippen LogP) is 2.13. The summed E-state index contributed by atoms with van der Waals surface area (Å²) >= 11 is 0. The molecular weight excluding hydrogens is 276 g/mol. The van der Waals surface area contributed by atoms with Crippen LogP contribution in [0.4, 0.5) is 5.69 Å². The molecular formula is C14H22N2O3S. The van der Waals surface area contributed by atoms with Gasteiger partial charge in [-0.3, -0.25) is 0 Å². The summed E-state index contributed by atoms with van der Waals surface area (Å²) in [6.07, 6.45) is 4.14. The number of nitrogens with two attached hydrogens (primary N) is 1. The second-order valence-electron chi connectivity index (χ2n) is 5.31. The summed E-state index contributed by atoms with van der Waals surface area (Å²) in [5.41, 5.74) is 6.09. The van der Waals surface area contributed by atoms with Crippen molar-refractivity contribution in [2.75, 3.05) is 12.8 Å². The Kier molecular flexibility index (Phi) is 4.55. The molecule has 1 aromatic carbocycles. The Morgan fingerprint density at radius 1 is 1.45 bits per heavy atom. The summed E-state index contributed by atoms with van der Waals surface area (Å²) in [4.78, 5) is 0.185. The van der Waals surface area contributed by atoms with E-state index in [9.17, 15) is 8.42 Å². The minimum atomic E-state index is -3.52. The molecule has 1 aliphatic carbocycles. The average Bonchev–Trinajstić information content (AvgIpc) is 3.21. The van der Waals surface area contributed by atoms with Gasteiger partial charge in [0.05, 0.1) is 17.7 Å². The van der Waals surface area contributed by atoms with Gasteiger partial charge >= 0.3 is 0 Å². The first-order valence-corrected chi connectivity index (χ1v) is 8.40. The highest BCUT2D eigenvalue weighted by molar-refractivity contribution is 7.89. The van der Waals surface area contributed by atoms with E-state index < -0.39 is 10.0 Å². The van der Waals surface area contributed by atoms with Crippen LogP contribution >= 0.6 is 0 Å². The number of benzene rings is 1. The zero-order valence-electron chi connectivity index (χ0n) is 11.9. The van der Waals surface area contributed by atoms with Crippen LogP contribution in [-0.2, 0) is 10.0 Å². The number of anilines is 1. The van der Waals surface area contributed by atoms with Gasteiger partial charge in [-0.1, -0.05) is 19.8 Å². The molecule has 0 radical (unpaired) electrons. The number of methoxy groups -OCH3 is 1. The molecule has 1 aromatic rings. The highest BCUT2D eigenvalue weighted by atomic mass is 32.2. The molecule has 112 valence electrons. The molecule has 1 fully saturated rings. The van der Waals surface area contributed by atoms with E-state index >= 15 is 0 Å². The van der Waals surface area contributed by atoms with Crippen LogP contribution in [0, 0.1) is 5.92 Å². The highest BCUT2D eigenvalue weighted by Gasteiger charge is 2.27. The average molecular weight is 298 g/mol. The number of ether oxygens (including phenoxy) is 1. The van der Waals surface area contributed by atoms with Crippen LogP contribution in [0.3, 0.4) is 0 Å². The first-order valence-electron chi connectivity index (χ1n) is 6.92. The summed E-state index contributed by atoms with van der Waals surface area (Å²) < 4.78 is 32.5. The highest BCUT2D eigenvalue weighted by Crippen LogP contribution is 2.34. The van der Waals surface area contributed by atoms with Crippen molar-refractivity contribution in [1.29, 1.82) is 0 Å². The Morgan fingerprint density at radius 2 is 2.15 bits per heavy atom. The summed E-state index contributed by atoms with van der Waals surface area (Å²) in [5, 5.41) is 0. The van der Waals surface area contributed by atoms with E-state index in [1.807, 2.05) is 6.92 Å². The fraction of sp³-hybridized carbons (Fsp3) is 0.571. The van der Waals surface area contributed by atoms with Crippen molar-refractivity contribution in [2.24, 2.45) is 5.92 Å². The molecule has 1 saturated carbocycles. The largest absolute Gasteiger partial charge is 0.495 e. The third-order valence-corrected chi connectivity index (χ3v) is 5.16. The number of nitrogens with one attached hydrogen (secondary N) is 1. The molecule has 0 saturated heterocycles. The first-order chi connectivity index (χ1) is 9.46. The van der Waals surface area contributed by atoms with E-state index in [1.54, 1.807) is 6.07 Å². The first kappa shape index (κ1) is 15.1. The van der Waals surface area contributed by atoms with E-state index in [4.69, 9.17) is 10.5 Å². The van der Waals surface area contributed by atoms with Gasteiger partial charge in [0.1, 0.15) is 5.75 Å². The Bertz CT molecular complexity index is 568. The topological polar surface area (TPSA) is 81.4 Å². The normalized spacial score (nSPS) is 16.9. The van der Waals surface area contributed by atoms with Gasteiger partial charge in [0, 0.05) is 6.04 Å². The predicted molar refractivity (Wildman–Crippen MR) is 79.1 cm³/mol. The Hall–Kier alpha value is -1.27. The maximum absolute atomic E-state index is 12.3. The van der Waals surface area contributed by atoms with Gasteiger partial charge in [-0.25, -0.2) is 13.1 Å². The molecule has 0 bridgehead atoms. The van der Waals surface area contributed by atoms with Crippen LogP contribution in [0.25, 0.3) is 0 Å². The summed E-state index contributed by atoms with van der Waals surface area (Å²) in [5.74, 6) is 1.16.